The Hall–Kier alpha value is -1.35. The van der Waals surface area contributed by atoms with Crippen LogP contribution in [0.1, 0.15) is 37.9 Å². The van der Waals surface area contributed by atoms with Crippen LogP contribution < -0.4 is 10.2 Å². The van der Waals surface area contributed by atoms with E-state index >= 15 is 0 Å². The quantitative estimate of drug-likeness (QED) is 0.547. The molecule has 1 aromatic rings. The van der Waals surface area contributed by atoms with E-state index in [0.717, 1.165) is 44.7 Å². The van der Waals surface area contributed by atoms with Crippen LogP contribution in [-0.4, -0.2) is 25.1 Å². The Morgan fingerprint density at radius 1 is 1.32 bits per heavy atom. The van der Waals surface area contributed by atoms with Crippen LogP contribution in [0.2, 0.25) is 0 Å². The van der Waals surface area contributed by atoms with E-state index < -0.39 is 0 Å². The van der Waals surface area contributed by atoms with E-state index in [-0.39, 0.29) is 0 Å². The van der Waals surface area contributed by atoms with Crippen molar-refractivity contribution >= 4 is 5.82 Å². The van der Waals surface area contributed by atoms with Crippen molar-refractivity contribution in [2.24, 2.45) is 0 Å². The van der Waals surface area contributed by atoms with Gasteiger partial charge in [-0.1, -0.05) is 26.3 Å². The Bertz CT molecular complexity index is 388. The SMILES string of the molecule is C=CCN(C)c1cc(CNCCC)cc(CCC)n1. The second kappa shape index (κ2) is 8.70. The molecule has 19 heavy (non-hydrogen) atoms. The molecule has 0 aliphatic heterocycles. The fourth-order valence-corrected chi connectivity index (χ4v) is 2.01. The summed E-state index contributed by atoms with van der Waals surface area (Å²) in [5.74, 6) is 1.04. The minimum atomic E-state index is 0.824. The van der Waals surface area contributed by atoms with Gasteiger partial charge in [-0.2, -0.15) is 0 Å². The van der Waals surface area contributed by atoms with Crippen molar-refractivity contribution in [1.29, 1.82) is 0 Å². The zero-order chi connectivity index (χ0) is 14.1. The first-order valence-corrected chi connectivity index (χ1v) is 7.23. The van der Waals surface area contributed by atoms with E-state index in [1.807, 2.05) is 6.08 Å². The van der Waals surface area contributed by atoms with Crippen LogP contribution in [0.5, 0.6) is 0 Å². The van der Waals surface area contributed by atoms with Crippen LogP contribution in [0.25, 0.3) is 0 Å². The summed E-state index contributed by atoms with van der Waals surface area (Å²) < 4.78 is 0. The summed E-state index contributed by atoms with van der Waals surface area (Å²) in [6, 6.07) is 4.39. The van der Waals surface area contributed by atoms with E-state index in [1.54, 1.807) is 0 Å². The lowest BCUT2D eigenvalue weighted by Crippen LogP contribution is -2.20. The summed E-state index contributed by atoms with van der Waals surface area (Å²) in [7, 11) is 2.06. The summed E-state index contributed by atoms with van der Waals surface area (Å²) in [6.45, 7) is 11.0. The summed E-state index contributed by atoms with van der Waals surface area (Å²) in [6.07, 6.45) is 5.24. The van der Waals surface area contributed by atoms with E-state index in [4.69, 9.17) is 4.98 Å². The molecule has 1 heterocycles. The number of aryl methyl sites for hydroxylation is 1. The van der Waals surface area contributed by atoms with Gasteiger partial charge in [-0.3, -0.25) is 0 Å². The largest absolute Gasteiger partial charge is 0.356 e. The molecule has 0 amide bonds. The summed E-state index contributed by atoms with van der Waals surface area (Å²) in [4.78, 5) is 6.85. The zero-order valence-corrected chi connectivity index (χ0v) is 12.6. The molecule has 0 spiro atoms. The second-order valence-corrected chi connectivity index (χ2v) is 4.92. The van der Waals surface area contributed by atoms with Crippen molar-refractivity contribution in [2.45, 2.75) is 39.7 Å². The van der Waals surface area contributed by atoms with Crippen LogP contribution >= 0.6 is 0 Å². The highest BCUT2D eigenvalue weighted by Crippen LogP contribution is 2.15. The molecule has 0 bridgehead atoms. The molecule has 0 aliphatic carbocycles. The van der Waals surface area contributed by atoms with Gasteiger partial charge in [-0.25, -0.2) is 4.98 Å². The topological polar surface area (TPSA) is 28.2 Å². The lowest BCUT2D eigenvalue weighted by atomic mass is 10.1. The van der Waals surface area contributed by atoms with Gasteiger partial charge < -0.3 is 10.2 Å². The maximum atomic E-state index is 4.72. The van der Waals surface area contributed by atoms with Crippen LogP contribution in [0.3, 0.4) is 0 Å². The van der Waals surface area contributed by atoms with Gasteiger partial charge in [0.15, 0.2) is 0 Å². The highest BCUT2D eigenvalue weighted by atomic mass is 15.2. The van der Waals surface area contributed by atoms with Gasteiger partial charge in [0.1, 0.15) is 5.82 Å². The predicted molar refractivity (Wildman–Crippen MR) is 83.7 cm³/mol. The number of hydrogen-bond donors (Lipinski definition) is 1. The third-order valence-electron chi connectivity index (χ3n) is 2.98. The molecule has 0 aliphatic rings. The molecule has 0 unspecified atom stereocenters. The lowest BCUT2D eigenvalue weighted by Gasteiger charge is -2.18. The van der Waals surface area contributed by atoms with Crippen molar-refractivity contribution < 1.29 is 0 Å². The highest BCUT2D eigenvalue weighted by molar-refractivity contribution is 5.42. The van der Waals surface area contributed by atoms with Crippen molar-refractivity contribution in [2.75, 3.05) is 25.0 Å². The number of anilines is 1. The van der Waals surface area contributed by atoms with Crippen LogP contribution in [0.4, 0.5) is 5.82 Å². The van der Waals surface area contributed by atoms with Gasteiger partial charge >= 0.3 is 0 Å². The standard InChI is InChI=1S/C16H27N3/c1-5-8-15-11-14(13-17-9-6-2)12-16(18-15)19(4)10-7-3/h7,11-12,17H,3,5-6,8-10,13H2,1-2,4H3. The molecule has 0 saturated heterocycles. The van der Waals surface area contributed by atoms with Gasteiger partial charge in [0.25, 0.3) is 0 Å². The van der Waals surface area contributed by atoms with E-state index in [9.17, 15) is 0 Å². The van der Waals surface area contributed by atoms with Crippen LogP contribution in [0, 0.1) is 0 Å². The van der Waals surface area contributed by atoms with Gasteiger partial charge in [0.2, 0.25) is 0 Å². The molecule has 1 aromatic heterocycles. The fraction of sp³-hybridized carbons (Fsp3) is 0.562. The molecule has 3 nitrogen and oxygen atoms in total. The van der Waals surface area contributed by atoms with Crippen molar-refractivity contribution in [3.63, 3.8) is 0 Å². The molecule has 1 N–H and O–H groups in total. The number of aromatic nitrogens is 1. The molecule has 0 atom stereocenters. The van der Waals surface area contributed by atoms with Gasteiger partial charge in [0, 0.05) is 25.8 Å². The molecule has 3 heteroatoms. The Morgan fingerprint density at radius 3 is 2.74 bits per heavy atom. The number of nitrogens with one attached hydrogen (secondary N) is 1. The van der Waals surface area contributed by atoms with Crippen molar-refractivity contribution in [3.8, 4) is 0 Å². The van der Waals surface area contributed by atoms with Crippen LogP contribution in [0.15, 0.2) is 24.8 Å². The predicted octanol–water partition coefficient (Wildman–Crippen LogP) is 3.16. The summed E-state index contributed by atoms with van der Waals surface area (Å²) in [5.41, 5.74) is 2.50. The first kappa shape index (κ1) is 15.7. The van der Waals surface area contributed by atoms with E-state index in [1.165, 1.54) is 11.3 Å². The average Bonchev–Trinajstić information content (AvgIpc) is 2.39. The number of pyridine rings is 1. The number of rotatable bonds is 9. The highest BCUT2D eigenvalue weighted by Gasteiger charge is 2.06. The first-order chi connectivity index (χ1) is 9.21. The summed E-state index contributed by atoms with van der Waals surface area (Å²) >= 11 is 0. The molecule has 0 fully saturated rings. The minimum Gasteiger partial charge on any atom is -0.356 e. The molecule has 0 radical (unpaired) electrons. The maximum Gasteiger partial charge on any atom is 0.129 e. The Morgan fingerprint density at radius 2 is 2.11 bits per heavy atom. The maximum absolute atomic E-state index is 4.72. The van der Waals surface area contributed by atoms with Crippen molar-refractivity contribution in [1.82, 2.24) is 10.3 Å². The van der Waals surface area contributed by atoms with E-state index in [0.29, 0.717) is 0 Å². The first-order valence-electron chi connectivity index (χ1n) is 7.23. The fourth-order valence-electron chi connectivity index (χ4n) is 2.01. The third-order valence-corrected chi connectivity index (χ3v) is 2.98. The van der Waals surface area contributed by atoms with E-state index in [2.05, 4.69) is 49.8 Å². The molecule has 0 aromatic carbocycles. The molecule has 0 saturated carbocycles. The Labute approximate surface area is 117 Å². The Kier molecular flexibility index (Phi) is 7.19. The van der Waals surface area contributed by atoms with Crippen molar-refractivity contribution in [3.05, 3.63) is 36.0 Å². The van der Waals surface area contributed by atoms with Gasteiger partial charge in [0.05, 0.1) is 0 Å². The van der Waals surface area contributed by atoms with Gasteiger partial charge in [-0.05, 0) is 37.1 Å². The smallest absolute Gasteiger partial charge is 0.129 e. The van der Waals surface area contributed by atoms with Gasteiger partial charge in [-0.15, -0.1) is 6.58 Å². The minimum absolute atomic E-state index is 0.824. The molecule has 106 valence electrons. The molecule has 1 rings (SSSR count). The third kappa shape index (κ3) is 5.43. The monoisotopic (exact) mass is 261 g/mol. The molecular formula is C16H27N3. The average molecular weight is 261 g/mol. The van der Waals surface area contributed by atoms with Crippen LogP contribution in [-0.2, 0) is 13.0 Å². The zero-order valence-electron chi connectivity index (χ0n) is 12.6. The second-order valence-electron chi connectivity index (χ2n) is 4.92. The number of nitrogens with zero attached hydrogens (tertiary/aromatic N) is 2. The molecular weight excluding hydrogens is 234 g/mol. The number of hydrogen-bond acceptors (Lipinski definition) is 3. The summed E-state index contributed by atoms with van der Waals surface area (Å²) in [5, 5.41) is 3.45. The number of likely N-dealkylation sites (N-methyl/N-ethyl adjacent to an activating group) is 1. The normalized spacial score (nSPS) is 10.5. The lowest BCUT2D eigenvalue weighted by molar-refractivity contribution is 0.673. The Balaban J connectivity index is 2.86.